The molecule has 0 saturated heterocycles. The molecular weight excluding hydrogens is 268 g/mol. The molecule has 0 atom stereocenters. The van der Waals surface area contributed by atoms with Crippen LogP contribution in [0.4, 0.5) is 0 Å². The molecule has 0 spiro atoms. The second-order valence-electron chi connectivity index (χ2n) is 4.24. The van der Waals surface area contributed by atoms with Crippen molar-refractivity contribution >= 4 is 17.2 Å². The number of rotatable bonds is 4. The molecule has 0 unspecified atom stereocenters. The third-order valence-corrected chi connectivity index (χ3v) is 3.57. The lowest BCUT2D eigenvalue weighted by Crippen LogP contribution is -2.24. The van der Waals surface area contributed by atoms with Crippen molar-refractivity contribution in [2.75, 3.05) is 6.54 Å². The van der Waals surface area contributed by atoms with E-state index in [4.69, 9.17) is 5.73 Å². The van der Waals surface area contributed by atoms with Crippen LogP contribution in [0, 0.1) is 11.8 Å². The van der Waals surface area contributed by atoms with Crippen LogP contribution in [0.15, 0.2) is 41.8 Å². The Bertz CT molecular complexity index is 606. The van der Waals surface area contributed by atoms with Gasteiger partial charge in [0.25, 0.3) is 0 Å². The molecular formula is C16H16N2OS. The number of benzene rings is 1. The molecule has 0 fully saturated rings. The molecule has 0 aliphatic rings. The molecule has 3 N–H and O–H groups in total. The number of hydrogen-bond acceptors (Lipinski definition) is 3. The number of nitrogens with one attached hydrogen (secondary N) is 1. The normalized spacial score (nSPS) is 9.65. The summed E-state index contributed by atoms with van der Waals surface area (Å²) in [5.74, 6) is 5.81. The van der Waals surface area contributed by atoms with E-state index in [0.717, 1.165) is 16.0 Å². The van der Waals surface area contributed by atoms with Crippen LogP contribution in [0.1, 0.15) is 16.0 Å². The number of carbonyl (C=O) groups excluding carboxylic acids is 1. The summed E-state index contributed by atoms with van der Waals surface area (Å²) in [7, 11) is 0. The van der Waals surface area contributed by atoms with E-state index in [1.54, 1.807) is 11.3 Å². The van der Waals surface area contributed by atoms with Crippen LogP contribution in [-0.4, -0.2) is 12.5 Å². The molecule has 102 valence electrons. The van der Waals surface area contributed by atoms with Crippen molar-refractivity contribution in [2.45, 2.75) is 13.0 Å². The van der Waals surface area contributed by atoms with Gasteiger partial charge in [0.1, 0.15) is 0 Å². The zero-order chi connectivity index (χ0) is 14.2. The fourth-order valence-electron chi connectivity index (χ4n) is 1.69. The van der Waals surface area contributed by atoms with Gasteiger partial charge in [-0.05, 0) is 29.1 Å². The van der Waals surface area contributed by atoms with Gasteiger partial charge >= 0.3 is 0 Å². The van der Waals surface area contributed by atoms with E-state index < -0.39 is 0 Å². The average molecular weight is 284 g/mol. The Balaban J connectivity index is 1.83. The van der Waals surface area contributed by atoms with Gasteiger partial charge < -0.3 is 11.1 Å². The third-order valence-electron chi connectivity index (χ3n) is 2.69. The Morgan fingerprint density at radius 3 is 2.70 bits per heavy atom. The smallest absolute Gasteiger partial charge is 0.225 e. The molecule has 2 aromatic rings. The number of hydrogen-bond donors (Lipinski definition) is 2. The quantitative estimate of drug-likeness (QED) is 0.843. The SMILES string of the molecule is NCC#Cc1ccc(CNC(=O)Cc2cccs2)cc1. The van der Waals surface area contributed by atoms with Gasteiger partial charge in [-0.25, -0.2) is 0 Å². The minimum absolute atomic E-state index is 0.0412. The lowest BCUT2D eigenvalue weighted by Gasteiger charge is -2.04. The zero-order valence-electron chi connectivity index (χ0n) is 11.1. The molecule has 0 aliphatic carbocycles. The van der Waals surface area contributed by atoms with Crippen LogP contribution in [-0.2, 0) is 17.8 Å². The fourth-order valence-corrected chi connectivity index (χ4v) is 2.40. The van der Waals surface area contributed by atoms with Crippen molar-refractivity contribution in [3.05, 3.63) is 57.8 Å². The summed E-state index contributed by atoms with van der Waals surface area (Å²) in [5, 5.41) is 4.89. The van der Waals surface area contributed by atoms with Crippen LogP contribution in [0.3, 0.4) is 0 Å². The summed E-state index contributed by atoms with van der Waals surface area (Å²) in [6.45, 7) is 0.898. The van der Waals surface area contributed by atoms with Crippen molar-refractivity contribution in [3.8, 4) is 11.8 Å². The van der Waals surface area contributed by atoms with Gasteiger partial charge in [-0.3, -0.25) is 4.79 Å². The van der Waals surface area contributed by atoms with Gasteiger partial charge in [-0.2, -0.15) is 0 Å². The topological polar surface area (TPSA) is 55.1 Å². The first-order valence-corrected chi connectivity index (χ1v) is 7.23. The Hall–Kier alpha value is -2.09. The van der Waals surface area contributed by atoms with Gasteiger partial charge in [0.15, 0.2) is 0 Å². The molecule has 4 heteroatoms. The predicted molar refractivity (Wildman–Crippen MR) is 82.2 cm³/mol. The van der Waals surface area contributed by atoms with E-state index in [-0.39, 0.29) is 5.91 Å². The molecule has 0 radical (unpaired) electrons. The number of carbonyl (C=O) groups is 1. The summed E-state index contributed by atoms with van der Waals surface area (Å²) in [6.07, 6.45) is 0.442. The second-order valence-corrected chi connectivity index (χ2v) is 5.27. The average Bonchev–Trinajstić information content (AvgIpc) is 2.97. The third kappa shape index (κ3) is 4.54. The van der Waals surface area contributed by atoms with Gasteiger partial charge in [0.05, 0.1) is 13.0 Å². The van der Waals surface area contributed by atoms with E-state index in [9.17, 15) is 4.79 Å². The second kappa shape index (κ2) is 7.49. The van der Waals surface area contributed by atoms with Crippen LogP contribution < -0.4 is 11.1 Å². The highest BCUT2D eigenvalue weighted by molar-refractivity contribution is 7.10. The Labute approximate surface area is 122 Å². The van der Waals surface area contributed by atoms with Gasteiger partial charge in [0, 0.05) is 17.0 Å². The maximum Gasteiger partial charge on any atom is 0.225 e. The number of thiophene rings is 1. The minimum atomic E-state index is 0.0412. The van der Waals surface area contributed by atoms with Crippen molar-refractivity contribution < 1.29 is 4.79 Å². The Kier molecular flexibility index (Phi) is 5.36. The molecule has 1 heterocycles. The Morgan fingerprint density at radius 2 is 2.05 bits per heavy atom. The van der Waals surface area contributed by atoms with Crippen molar-refractivity contribution in [1.29, 1.82) is 0 Å². The zero-order valence-corrected chi connectivity index (χ0v) is 11.9. The molecule has 1 aromatic heterocycles. The van der Waals surface area contributed by atoms with E-state index in [1.807, 2.05) is 41.8 Å². The first-order chi connectivity index (χ1) is 9.78. The minimum Gasteiger partial charge on any atom is -0.352 e. The van der Waals surface area contributed by atoms with Crippen molar-refractivity contribution in [2.24, 2.45) is 5.73 Å². The molecule has 3 nitrogen and oxygen atoms in total. The van der Waals surface area contributed by atoms with E-state index >= 15 is 0 Å². The molecule has 2 rings (SSSR count). The highest BCUT2D eigenvalue weighted by Gasteiger charge is 2.03. The molecule has 1 amide bonds. The maximum absolute atomic E-state index is 11.8. The van der Waals surface area contributed by atoms with Crippen LogP contribution in [0.5, 0.6) is 0 Å². The standard InChI is InChI=1S/C16H16N2OS/c17-9-1-3-13-5-7-14(8-6-13)12-18-16(19)11-15-4-2-10-20-15/h2,4-8,10H,9,11-12,17H2,(H,18,19). The van der Waals surface area contributed by atoms with E-state index in [0.29, 0.717) is 19.5 Å². The first-order valence-electron chi connectivity index (χ1n) is 6.35. The van der Waals surface area contributed by atoms with Crippen LogP contribution in [0.25, 0.3) is 0 Å². The molecule has 20 heavy (non-hydrogen) atoms. The van der Waals surface area contributed by atoms with Crippen LogP contribution >= 0.6 is 11.3 Å². The molecule has 0 saturated carbocycles. The van der Waals surface area contributed by atoms with E-state index in [2.05, 4.69) is 17.2 Å². The summed E-state index contributed by atoms with van der Waals surface area (Å²) in [5.41, 5.74) is 7.32. The first kappa shape index (κ1) is 14.3. The Morgan fingerprint density at radius 1 is 1.25 bits per heavy atom. The van der Waals surface area contributed by atoms with Gasteiger partial charge in [-0.15, -0.1) is 11.3 Å². The maximum atomic E-state index is 11.8. The lowest BCUT2D eigenvalue weighted by atomic mass is 10.1. The molecule has 0 aliphatic heterocycles. The number of amides is 1. The molecule has 1 aromatic carbocycles. The highest BCUT2D eigenvalue weighted by atomic mass is 32.1. The number of nitrogens with two attached hydrogens (primary N) is 1. The molecule has 0 bridgehead atoms. The van der Waals surface area contributed by atoms with E-state index in [1.165, 1.54) is 0 Å². The largest absolute Gasteiger partial charge is 0.352 e. The van der Waals surface area contributed by atoms with Gasteiger partial charge in [0.2, 0.25) is 5.91 Å². The lowest BCUT2D eigenvalue weighted by molar-refractivity contribution is -0.120. The van der Waals surface area contributed by atoms with Crippen molar-refractivity contribution in [1.82, 2.24) is 5.32 Å². The van der Waals surface area contributed by atoms with Crippen LogP contribution in [0.2, 0.25) is 0 Å². The summed E-state index contributed by atoms with van der Waals surface area (Å²) >= 11 is 1.60. The summed E-state index contributed by atoms with van der Waals surface area (Å²) in [6, 6.07) is 11.7. The predicted octanol–water partition coefficient (Wildman–Crippen LogP) is 1.92. The summed E-state index contributed by atoms with van der Waals surface area (Å²) in [4.78, 5) is 12.8. The monoisotopic (exact) mass is 284 g/mol. The van der Waals surface area contributed by atoms with Gasteiger partial charge in [-0.1, -0.05) is 30.0 Å². The summed E-state index contributed by atoms with van der Waals surface area (Å²) < 4.78 is 0. The fraction of sp³-hybridized carbons (Fsp3) is 0.188. The highest BCUT2D eigenvalue weighted by Crippen LogP contribution is 2.09. The van der Waals surface area contributed by atoms with Crippen molar-refractivity contribution in [3.63, 3.8) is 0 Å².